The summed E-state index contributed by atoms with van der Waals surface area (Å²) >= 11 is 0. The zero-order valence-corrected chi connectivity index (χ0v) is 10.9. The second-order valence-electron chi connectivity index (χ2n) is 4.56. The van der Waals surface area contributed by atoms with E-state index in [0.29, 0.717) is 4.90 Å². The molecule has 2 atom stereocenters. The van der Waals surface area contributed by atoms with Gasteiger partial charge in [-0.1, -0.05) is 36.8 Å². The predicted octanol–water partition coefficient (Wildman–Crippen LogP) is 2.24. The molecular weight excluding hydrogens is 234 g/mol. The number of nitrogens with one attached hydrogen (secondary N) is 1. The van der Waals surface area contributed by atoms with Crippen LogP contribution in [-0.2, 0) is 10.0 Å². The number of aryl methyl sites for hydroxylation is 1. The first-order valence-corrected chi connectivity index (χ1v) is 7.23. The van der Waals surface area contributed by atoms with Crippen LogP contribution in [0.4, 0.5) is 0 Å². The Morgan fingerprint density at radius 3 is 2.41 bits per heavy atom. The highest BCUT2D eigenvalue weighted by Crippen LogP contribution is 2.20. The average Bonchev–Trinajstić information content (AvgIpc) is 2.64. The van der Waals surface area contributed by atoms with Gasteiger partial charge in [0.2, 0.25) is 10.0 Å². The molecule has 0 fully saturated rings. The van der Waals surface area contributed by atoms with Crippen molar-refractivity contribution < 1.29 is 8.42 Å². The Morgan fingerprint density at radius 1 is 1.24 bits per heavy atom. The standard InChI is InChI=1S/C13H17NO2S/c1-10-6-8-12(9-7-10)17(15,16)14-13-5-3-4-11(13)2/h3-4,6-9,11,13-14H,5H2,1-2H3/t11-,13+/m0/s1. The van der Waals surface area contributed by atoms with Crippen molar-refractivity contribution in [2.75, 3.05) is 0 Å². The molecule has 0 amide bonds. The third-order valence-corrected chi connectivity index (χ3v) is 4.61. The van der Waals surface area contributed by atoms with E-state index >= 15 is 0 Å². The molecule has 1 aromatic carbocycles. The summed E-state index contributed by atoms with van der Waals surface area (Å²) in [7, 11) is -3.38. The topological polar surface area (TPSA) is 46.2 Å². The molecule has 0 unspecified atom stereocenters. The SMILES string of the molecule is Cc1ccc(S(=O)(=O)N[C@@H]2CC=C[C@@H]2C)cc1. The molecule has 0 saturated carbocycles. The first kappa shape index (κ1) is 12.3. The minimum atomic E-state index is -3.38. The maximum absolute atomic E-state index is 12.1. The van der Waals surface area contributed by atoms with E-state index in [1.807, 2.05) is 38.1 Å². The zero-order chi connectivity index (χ0) is 12.5. The lowest BCUT2D eigenvalue weighted by Crippen LogP contribution is -2.36. The molecule has 0 heterocycles. The van der Waals surface area contributed by atoms with Gasteiger partial charge in [-0.2, -0.15) is 0 Å². The summed E-state index contributed by atoms with van der Waals surface area (Å²) in [6.07, 6.45) is 4.83. The Hall–Kier alpha value is -1.13. The fraction of sp³-hybridized carbons (Fsp3) is 0.385. The van der Waals surface area contributed by atoms with E-state index < -0.39 is 10.0 Å². The molecule has 3 nitrogen and oxygen atoms in total. The van der Waals surface area contributed by atoms with Gasteiger partial charge in [-0.05, 0) is 31.4 Å². The molecule has 0 saturated heterocycles. The van der Waals surface area contributed by atoms with Crippen LogP contribution in [0.25, 0.3) is 0 Å². The van der Waals surface area contributed by atoms with Crippen LogP contribution in [0.1, 0.15) is 18.9 Å². The van der Waals surface area contributed by atoms with E-state index in [9.17, 15) is 8.42 Å². The number of hydrogen-bond donors (Lipinski definition) is 1. The lowest BCUT2D eigenvalue weighted by molar-refractivity contribution is 0.505. The van der Waals surface area contributed by atoms with E-state index in [0.717, 1.165) is 12.0 Å². The molecule has 1 aromatic rings. The number of rotatable bonds is 3. The Balaban J connectivity index is 2.17. The first-order chi connectivity index (χ1) is 7.99. The second-order valence-corrected chi connectivity index (χ2v) is 6.28. The molecule has 1 N–H and O–H groups in total. The van der Waals surface area contributed by atoms with Gasteiger partial charge in [-0.15, -0.1) is 0 Å². The Bertz CT molecular complexity index is 517. The fourth-order valence-corrected chi connectivity index (χ4v) is 3.27. The smallest absolute Gasteiger partial charge is 0.207 e. The van der Waals surface area contributed by atoms with Gasteiger partial charge in [0.05, 0.1) is 4.90 Å². The van der Waals surface area contributed by atoms with Crippen LogP contribution < -0.4 is 4.72 Å². The molecule has 1 aliphatic rings. The van der Waals surface area contributed by atoms with Crippen LogP contribution >= 0.6 is 0 Å². The van der Waals surface area contributed by atoms with Gasteiger partial charge < -0.3 is 0 Å². The molecule has 92 valence electrons. The zero-order valence-electron chi connectivity index (χ0n) is 10.1. The minimum Gasteiger partial charge on any atom is -0.207 e. The van der Waals surface area contributed by atoms with Crippen molar-refractivity contribution in [3.63, 3.8) is 0 Å². The maximum Gasteiger partial charge on any atom is 0.240 e. The van der Waals surface area contributed by atoms with Crippen molar-refractivity contribution in [2.45, 2.75) is 31.2 Å². The predicted molar refractivity (Wildman–Crippen MR) is 68.2 cm³/mol. The van der Waals surface area contributed by atoms with Crippen molar-refractivity contribution in [3.05, 3.63) is 42.0 Å². The van der Waals surface area contributed by atoms with Crippen LogP contribution in [0.3, 0.4) is 0 Å². The van der Waals surface area contributed by atoms with Gasteiger partial charge in [0.15, 0.2) is 0 Å². The van der Waals surface area contributed by atoms with Crippen molar-refractivity contribution in [1.29, 1.82) is 0 Å². The Labute approximate surface area is 103 Å². The summed E-state index contributed by atoms with van der Waals surface area (Å²) in [5, 5.41) is 0. The van der Waals surface area contributed by atoms with Crippen molar-refractivity contribution in [1.82, 2.24) is 4.72 Å². The lowest BCUT2D eigenvalue weighted by Gasteiger charge is -2.17. The molecule has 0 aliphatic heterocycles. The summed E-state index contributed by atoms with van der Waals surface area (Å²) in [6.45, 7) is 3.96. The maximum atomic E-state index is 12.1. The van der Waals surface area contributed by atoms with Crippen molar-refractivity contribution in [2.24, 2.45) is 5.92 Å². The van der Waals surface area contributed by atoms with Crippen LogP contribution in [0.15, 0.2) is 41.3 Å². The molecule has 0 aromatic heterocycles. The summed E-state index contributed by atoms with van der Waals surface area (Å²) < 4.78 is 27.0. The lowest BCUT2D eigenvalue weighted by atomic mass is 10.1. The molecule has 17 heavy (non-hydrogen) atoms. The molecule has 0 radical (unpaired) electrons. The van der Waals surface area contributed by atoms with Gasteiger partial charge in [-0.25, -0.2) is 13.1 Å². The first-order valence-electron chi connectivity index (χ1n) is 5.75. The molecular formula is C13H17NO2S. The van der Waals surface area contributed by atoms with Gasteiger partial charge >= 0.3 is 0 Å². The van der Waals surface area contributed by atoms with Crippen molar-refractivity contribution >= 4 is 10.0 Å². The van der Waals surface area contributed by atoms with E-state index in [-0.39, 0.29) is 12.0 Å². The highest BCUT2D eigenvalue weighted by atomic mass is 32.2. The third-order valence-electron chi connectivity index (χ3n) is 3.10. The minimum absolute atomic E-state index is 0.0127. The molecule has 4 heteroatoms. The number of benzene rings is 1. The van der Waals surface area contributed by atoms with Crippen LogP contribution in [0.2, 0.25) is 0 Å². The van der Waals surface area contributed by atoms with E-state index in [4.69, 9.17) is 0 Å². The van der Waals surface area contributed by atoms with Crippen LogP contribution in [0, 0.1) is 12.8 Å². The van der Waals surface area contributed by atoms with Gasteiger partial charge in [0.25, 0.3) is 0 Å². The van der Waals surface area contributed by atoms with E-state index in [2.05, 4.69) is 4.72 Å². The van der Waals surface area contributed by atoms with Gasteiger partial charge in [0, 0.05) is 6.04 Å². The summed E-state index contributed by atoms with van der Waals surface area (Å²) in [5.74, 6) is 0.259. The number of hydrogen-bond acceptors (Lipinski definition) is 2. The van der Waals surface area contributed by atoms with E-state index in [1.54, 1.807) is 12.1 Å². The second kappa shape index (κ2) is 4.63. The fourth-order valence-electron chi connectivity index (χ4n) is 1.93. The third kappa shape index (κ3) is 2.76. The molecule has 0 bridgehead atoms. The summed E-state index contributed by atoms with van der Waals surface area (Å²) in [5.41, 5.74) is 1.06. The van der Waals surface area contributed by atoms with Crippen LogP contribution in [0.5, 0.6) is 0 Å². The monoisotopic (exact) mass is 251 g/mol. The molecule has 1 aliphatic carbocycles. The molecule has 2 rings (SSSR count). The van der Waals surface area contributed by atoms with Gasteiger partial charge in [-0.3, -0.25) is 0 Å². The Kier molecular flexibility index (Phi) is 3.35. The highest BCUT2D eigenvalue weighted by Gasteiger charge is 2.24. The number of sulfonamides is 1. The largest absolute Gasteiger partial charge is 0.240 e. The average molecular weight is 251 g/mol. The summed E-state index contributed by atoms with van der Waals surface area (Å²) in [6, 6.07) is 6.90. The van der Waals surface area contributed by atoms with Crippen molar-refractivity contribution in [3.8, 4) is 0 Å². The van der Waals surface area contributed by atoms with Crippen LogP contribution in [-0.4, -0.2) is 14.5 Å². The highest BCUT2D eigenvalue weighted by molar-refractivity contribution is 7.89. The normalized spacial score (nSPS) is 24.1. The summed E-state index contributed by atoms with van der Waals surface area (Å²) in [4.78, 5) is 0.335. The van der Waals surface area contributed by atoms with E-state index in [1.165, 1.54) is 0 Å². The molecule has 0 spiro atoms. The van der Waals surface area contributed by atoms with Gasteiger partial charge in [0.1, 0.15) is 0 Å². The quantitative estimate of drug-likeness (QED) is 0.837. The Morgan fingerprint density at radius 2 is 1.88 bits per heavy atom.